The van der Waals surface area contributed by atoms with E-state index in [1.165, 1.54) is 20.0 Å². The summed E-state index contributed by atoms with van der Waals surface area (Å²) in [5, 5.41) is 7.60. The van der Waals surface area contributed by atoms with E-state index in [-0.39, 0.29) is 18.4 Å². The zero-order valence-electron chi connectivity index (χ0n) is 15.3. The van der Waals surface area contributed by atoms with Crippen molar-refractivity contribution >= 4 is 17.7 Å². The second kappa shape index (κ2) is 7.42. The Morgan fingerprint density at radius 3 is 2.81 bits per heavy atom. The highest BCUT2D eigenvalue weighted by molar-refractivity contribution is 5.94. The van der Waals surface area contributed by atoms with Crippen LogP contribution in [0.1, 0.15) is 55.2 Å². The first-order valence-corrected chi connectivity index (χ1v) is 9.33. The number of hydrogen-bond donors (Lipinski definition) is 1. The number of ether oxygens (including phenoxy) is 2. The molecule has 0 saturated heterocycles. The molecule has 27 heavy (non-hydrogen) atoms. The standard InChI is InChI=1S/C20H23N3O4/c1-26-19(25)12-27-17-9-5-4-8-14(17)15-10-18(24)22-20-16(15)11-21-23(20)13-6-2-3-7-13/h4-5,8-9,11,13,15H,2-3,6-7,10,12H2,1H3,(H,22,24). The van der Waals surface area contributed by atoms with E-state index in [2.05, 4.69) is 15.2 Å². The van der Waals surface area contributed by atoms with E-state index < -0.39 is 5.97 Å². The second-order valence-corrected chi connectivity index (χ2v) is 7.04. The number of amides is 1. The number of para-hydroxylation sites is 1. The first-order chi connectivity index (χ1) is 13.2. The van der Waals surface area contributed by atoms with Crippen LogP contribution in [0.3, 0.4) is 0 Å². The number of benzene rings is 1. The molecule has 1 amide bonds. The van der Waals surface area contributed by atoms with Gasteiger partial charge in [-0.15, -0.1) is 0 Å². The van der Waals surface area contributed by atoms with Gasteiger partial charge in [0.1, 0.15) is 11.6 Å². The highest BCUT2D eigenvalue weighted by Crippen LogP contribution is 2.43. The second-order valence-electron chi connectivity index (χ2n) is 7.04. The molecule has 1 fully saturated rings. The van der Waals surface area contributed by atoms with Crippen molar-refractivity contribution in [3.05, 3.63) is 41.6 Å². The maximum absolute atomic E-state index is 12.4. The first-order valence-electron chi connectivity index (χ1n) is 9.33. The van der Waals surface area contributed by atoms with E-state index in [9.17, 15) is 9.59 Å². The van der Waals surface area contributed by atoms with Gasteiger partial charge >= 0.3 is 5.97 Å². The van der Waals surface area contributed by atoms with Gasteiger partial charge < -0.3 is 14.8 Å². The van der Waals surface area contributed by atoms with Crippen molar-refractivity contribution in [1.82, 2.24) is 9.78 Å². The van der Waals surface area contributed by atoms with Crippen molar-refractivity contribution in [2.24, 2.45) is 0 Å². The fourth-order valence-electron chi connectivity index (χ4n) is 4.04. The normalized spacial score (nSPS) is 19.4. The fourth-order valence-corrected chi connectivity index (χ4v) is 4.04. The van der Waals surface area contributed by atoms with Gasteiger partial charge in [0, 0.05) is 23.5 Å². The molecule has 0 bridgehead atoms. The van der Waals surface area contributed by atoms with E-state index in [4.69, 9.17) is 4.74 Å². The average Bonchev–Trinajstić information content (AvgIpc) is 3.35. The topological polar surface area (TPSA) is 82.4 Å². The van der Waals surface area contributed by atoms with Crippen molar-refractivity contribution in [2.45, 2.75) is 44.1 Å². The molecule has 1 saturated carbocycles. The third-order valence-electron chi connectivity index (χ3n) is 5.38. The first kappa shape index (κ1) is 17.6. The summed E-state index contributed by atoms with van der Waals surface area (Å²) in [5.41, 5.74) is 1.87. The lowest BCUT2D eigenvalue weighted by Gasteiger charge is -2.26. The van der Waals surface area contributed by atoms with Crippen LogP contribution in [-0.2, 0) is 14.3 Å². The Morgan fingerprint density at radius 1 is 1.26 bits per heavy atom. The summed E-state index contributed by atoms with van der Waals surface area (Å²) in [5.74, 6) is 0.752. The Balaban J connectivity index is 1.68. The number of aromatic nitrogens is 2. The fraction of sp³-hybridized carbons (Fsp3) is 0.450. The van der Waals surface area contributed by atoms with E-state index in [1.807, 2.05) is 35.1 Å². The Kier molecular flexibility index (Phi) is 4.83. The van der Waals surface area contributed by atoms with E-state index in [1.54, 1.807) is 0 Å². The lowest BCUT2D eigenvalue weighted by atomic mass is 9.87. The summed E-state index contributed by atoms with van der Waals surface area (Å²) in [4.78, 5) is 23.9. The number of carbonyl (C=O) groups is 2. The van der Waals surface area contributed by atoms with Crippen molar-refractivity contribution < 1.29 is 19.1 Å². The van der Waals surface area contributed by atoms with Crippen molar-refractivity contribution in [3.8, 4) is 5.75 Å². The number of hydrogen-bond acceptors (Lipinski definition) is 5. The van der Waals surface area contributed by atoms with Crippen molar-refractivity contribution in [2.75, 3.05) is 19.0 Å². The summed E-state index contributed by atoms with van der Waals surface area (Å²) in [6, 6.07) is 7.85. The van der Waals surface area contributed by atoms with Crippen LogP contribution >= 0.6 is 0 Å². The van der Waals surface area contributed by atoms with E-state index in [0.717, 1.165) is 29.8 Å². The summed E-state index contributed by atoms with van der Waals surface area (Å²) >= 11 is 0. The largest absolute Gasteiger partial charge is 0.482 e. The van der Waals surface area contributed by atoms with Gasteiger partial charge in [0.05, 0.1) is 19.3 Å². The lowest BCUT2D eigenvalue weighted by molar-refractivity contribution is -0.142. The zero-order valence-corrected chi connectivity index (χ0v) is 15.3. The van der Waals surface area contributed by atoms with Gasteiger partial charge in [-0.1, -0.05) is 31.0 Å². The molecule has 1 unspecified atom stereocenters. The number of nitrogens with zero attached hydrogens (tertiary/aromatic N) is 2. The Hall–Kier alpha value is -2.83. The number of fused-ring (bicyclic) bond motifs is 1. The van der Waals surface area contributed by atoms with Crippen LogP contribution in [0.15, 0.2) is 30.5 Å². The molecule has 2 aliphatic rings. The molecule has 1 atom stereocenters. The third-order valence-corrected chi connectivity index (χ3v) is 5.38. The predicted molar refractivity (Wildman–Crippen MR) is 98.8 cm³/mol. The maximum Gasteiger partial charge on any atom is 0.343 e. The molecule has 7 heteroatoms. The quantitative estimate of drug-likeness (QED) is 0.819. The van der Waals surface area contributed by atoms with Crippen LogP contribution in [0.2, 0.25) is 0 Å². The molecule has 2 aromatic rings. The van der Waals surface area contributed by atoms with Gasteiger partial charge in [0.15, 0.2) is 6.61 Å². The number of esters is 1. The molecule has 1 aliphatic heterocycles. The molecule has 1 aromatic heterocycles. The Bertz CT molecular complexity index is 855. The summed E-state index contributed by atoms with van der Waals surface area (Å²) < 4.78 is 12.3. The molecule has 142 valence electrons. The van der Waals surface area contributed by atoms with Gasteiger partial charge in [0.25, 0.3) is 0 Å². The monoisotopic (exact) mass is 369 g/mol. The van der Waals surface area contributed by atoms with Crippen LogP contribution in [0.25, 0.3) is 0 Å². The van der Waals surface area contributed by atoms with E-state index >= 15 is 0 Å². The lowest BCUT2D eigenvalue weighted by Crippen LogP contribution is -2.26. The third kappa shape index (κ3) is 3.41. The molecule has 7 nitrogen and oxygen atoms in total. The van der Waals surface area contributed by atoms with Crippen LogP contribution in [-0.4, -0.2) is 35.4 Å². The van der Waals surface area contributed by atoms with Gasteiger partial charge in [-0.3, -0.25) is 4.79 Å². The predicted octanol–water partition coefficient (Wildman–Crippen LogP) is 3.02. The highest BCUT2D eigenvalue weighted by Gasteiger charge is 2.33. The number of carbonyl (C=O) groups excluding carboxylic acids is 2. The molecule has 1 aliphatic carbocycles. The van der Waals surface area contributed by atoms with Crippen molar-refractivity contribution in [3.63, 3.8) is 0 Å². The Labute approximate surface area is 157 Å². The van der Waals surface area contributed by atoms with Crippen LogP contribution in [0, 0.1) is 0 Å². The summed E-state index contributed by atoms with van der Waals surface area (Å²) in [6.45, 7) is -0.166. The SMILES string of the molecule is COC(=O)COc1ccccc1C1CC(=O)Nc2c1cnn2C1CCCC1. The van der Waals surface area contributed by atoms with Gasteiger partial charge in [-0.25, -0.2) is 9.48 Å². The van der Waals surface area contributed by atoms with Crippen LogP contribution < -0.4 is 10.1 Å². The number of nitrogens with one attached hydrogen (secondary N) is 1. The van der Waals surface area contributed by atoms with Gasteiger partial charge in [-0.05, 0) is 18.9 Å². The van der Waals surface area contributed by atoms with Crippen molar-refractivity contribution in [1.29, 1.82) is 0 Å². The van der Waals surface area contributed by atoms with Crippen LogP contribution in [0.5, 0.6) is 5.75 Å². The molecule has 0 radical (unpaired) electrons. The maximum atomic E-state index is 12.4. The average molecular weight is 369 g/mol. The van der Waals surface area contributed by atoms with Crippen LogP contribution in [0.4, 0.5) is 5.82 Å². The minimum atomic E-state index is -0.444. The molecule has 0 spiro atoms. The number of rotatable bonds is 5. The molecule has 1 aromatic carbocycles. The smallest absolute Gasteiger partial charge is 0.343 e. The molecule has 1 N–H and O–H groups in total. The minimum absolute atomic E-state index is 0.0324. The van der Waals surface area contributed by atoms with Gasteiger partial charge in [0.2, 0.25) is 5.91 Å². The molecular weight excluding hydrogens is 346 g/mol. The molecule has 2 heterocycles. The summed E-state index contributed by atoms with van der Waals surface area (Å²) in [7, 11) is 1.33. The number of anilines is 1. The number of methoxy groups -OCH3 is 1. The zero-order chi connectivity index (χ0) is 18.8. The highest BCUT2D eigenvalue weighted by atomic mass is 16.6. The molecular formula is C20H23N3O4. The minimum Gasteiger partial charge on any atom is -0.482 e. The molecule has 4 rings (SSSR count). The van der Waals surface area contributed by atoms with Gasteiger partial charge in [-0.2, -0.15) is 5.10 Å². The van der Waals surface area contributed by atoms with E-state index in [0.29, 0.717) is 18.2 Å². The summed E-state index contributed by atoms with van der Waals surface area (Å²) in [6.07, 6.45) is 6.75. The Morgan fingerprint density at radius 2 is 2.04 bits per heavy atom.